The van der Waals surface area contributed by atoms with Crippen molar-refractivity contribution < 1.29 is 33.3 Å². The van der Waals surface area contributed by atoms with Gasteiger partial charge in [0, 0.05) is 0 Å². The minimum atomic E-state index is -1.09. The highest BCUT2D eigenvalue weighted by atomic mass is 16.5. The number of carbonyl (C=O) groups excluding carboxylic acids is 2. The van der Waals surface area contributed by atoms with Gasteiger partial charge in [-0.25, -0.2) is 4.79 Å². The molecule has 0 N–H and O–H groups in total. The molecule has 0 heterocycles. The highest BCUT2D eigenvalue weighted by molar-refractivity contribution is 6.10. The van der Waals surface area contributed by atoms with Gasteiger partial charge in [0.2, 0.25) is 0 Å². The van der Waals surface area contributed by atoms with E-state index in [1.165, 1.54) is 28.4 Å². The lowest BCUT2D eigenvalue weighted by atomic mass is 9.73. The van der Waals surface area contributed by atoms with Crippen molar-refractivity contribution in [2.45, 2.75) is 12.3 Å². The van der Waals surface area contributed by atoms with Crippen molar-refractivity contribution in [2.75, 3.05) is 35.0 Å². The quantitative estimate of drug-likeness (QED) is 0.695. The van der Waals surface area contributed by atoms with E-state index in [0.717, 1.165) is 11.1 Å². The molecule has 1 spiro atoms. The normalized spacial score (nSPS) is 16.6. The predicted molar refractivity (Wildman–Crippen MR) is 101 cm³/mol. The Labute approximate surface area is 163 Å². The fourth-order valence-corrected chi connectivity index (χ4v) is 3.55. The Morgan fingerprint density at radius 3 is 2.00 bits per heavy atom. The maximum absolute atomic E-state index is 12.8. The highest BCUT2D eigenvalue weighted by Gasteiger charge is 2.47. The number of Topliss-reactive ketones (excluding diaryl/α,β-unsaturated/α-hetero) is 1. The molecule has 2 aliphatic carbocycles. The van der Waals surface area contributed by atoms with Gasteiger partial charge in [-0.1, -0.05) is 0 Å². The van der Waals surface area contributed by atoms with Crippen LogP contribution < -0.4 is 9.47 Å². The molecule has 0 radical (unpaired) electrons. The molecule has 0 saturated heterocycles. The molecule has 0 atom stereocenters. The standard InChI is InChI=1S/C21H22O7/c1-6-28-20(23)14-7-12-8-15(24-2)16(25-3)9-13(12)21(14)10-17(26-4)19(22)18(11-21)27-5/h7-11H,6H2,1-5H3. The summed E-state index contributed by atoms with van der Waals surface area (Å²) in [6.45, 7) is 1.95. The van der Waals surface area contributed by atoms with Crippen LogP contribution in [0, 0.1) is 0 Å². The number of carbonyl (C=O) groups is 2. The van der Waals surface area contributed by atoms with Crippen molar-refractivity contribution in [1.29, 1.82) is 0 Å². The number of hydrogen-bond acceptors (Lipinski definition) is 7. The van der Waals surface area contributed by atoms with E-state index in [1.54, 1.807) is 37.3 Å². The summed E-state index contributed by atoms with van der Waals surface area (Å²) in [5.74, 6) is 0.291. The van der Waals surface area contributed by atoms with Crippen LogP contribution in [0.1, 0.15) is 18.1 Å². The van der Waals surface area contributed by atoms with Crippen LogP contribution in [0.4, 0.5) is 0 Å². The molecule has 0 bridgehead atoms. The zero-order chi connectivity index (χ0) is 20.5. The molecule has 3 rings (SSSR count). The smallest absolute Gasteiger partial charge is 0.335 e. The van der Waals surface area contributed by atoms with E-state index in [2.05, 4.69) is 0 Å². The monoisotopic (exact) mass is 386 g/mol. The van der Waals surface area contributed by atoms with Gasteiger partial charge in [-0.3, -0.25) is 4.79 Å². The van der Waals surface area contributed by atoms with E-state index >= 15 is 0 Å². The predicted octanol–water partition coefficient (Wildman–Crippen LogP) is 2.55. The summed E-state index contributed by atoms with van der Waals surface area (Å²) in [7, 11) is 5.86. The van der Waals surface area contributed by atoms with Crippen molar-refractivity contribution in [1.82, 2.24) is 0 Å². The van der Waals surface area contributed by atoms with Gasteiger partial charge in [0.1, 0.15) is 0 Å². The number of esters is 1. The fourth-order valence-electron chi connectivity index (χ4n) is 3.55. The molecule has 2 aliphatic rings. The molecule has 0 aliphatic heterocycles. The molecule has 28 heavy (non-hydrogen) atoms. The van der Waals surface area contributed by atoms with Crippen LogP contribution in [-0.4, -0.2) is 46.8 Å². The summed E-state index contributed by atoms with van der Waals surface area (Å²) in [6, 6.07) is 3.56. The lowest BCUT2D eigenvalue weighted by Gasteiger charge is -2.31. The van der Waals surface area contributed by atoms with Crippen LogP contribution in [0.25, 0.3) is 6.08 Å². The molecule has 0 aromatic heterocycles. The van der Waals surface area contributed by atoms with Gasteiger partial charge < -0.3 is 23.7 Å². The summed E-state index contributed by atoms with van der Waals surface area (Å²) in [4.78, 5) is 25.3. The average Bonchev–Trinajstić information content (AvgIpc) is 3.01. The Morgan fingerprint density at radius 2 is 1.50 bits per heavy atom. The molecule has 0 unspecified atom stereocenters. The van der Waals surface area contributed by atoms with E-state index in [9.17, 15) is 9.59 Å². The van der Waals surface area contributed by atoms with Gasteiger partial charge in [0.25, 0.3) is 5.78 Å². The Morgan fingerprint density at radius 1 is 0.929 bits per heavy atom. The Kier molecular flexibility index (Phi) is 5.18. The number of allylic oxidation sites excluding steroid dienone is 2. The van der Waals surface area contributed by atoms with Crippen molar-refractivity contribution in [2.24, 2.45) is 0 Å². The number of ketones is 1. The lowest BCUT2D eigenvalue weighted by Crippen LogP contribution is -2.33. The minimum absolute atomic E-state index is 0.0807. The highest BCUT2D eigenvalue weighted by Crippen LogP contribution is 2.50. The second kappa shape index (κ2) is 7.42. The summed E-state index contributed by atoms with van der Waals surface area (Å²) >= 11 is 0. The molecule has 7 heteroatoms. The van der Waals surface area contributed by atoms with Crippen molar-refractivity contribution >= 4 is 17.8 Å². The van der Waals surface area contributed by atoms with Gasteiger partial charge in [-0.2, -0.15) is 0 Å². The van der Waals surface area contributed by atoms with Crippen LogP contribution in [-0.2, 0) is 29.2 Å². The van der Waals surface area contributed by atoms with E-state index in [1.807, 2.05) is 0 Å². The lowest BCUT2D eigenvalue weighted by molar-refractivity contribution is -0.139. The summed E-state index contributed by atoms with van der Waals surface area (Å²) in [5, 5.41) is 0. The summed E-state index contributed by atoms with van der Waals surface area (Å²) < 4.78 is 26.6. The van der Waals surface area contributed by atoms with Gasteiger partial charge in [-0.15, -0.1) is 0 Å². The number of hydrogen-bond donors (Lipinski definition) is 0. The third-order valence-electron chi connectivity index (χ3n) is 4.85. The van der Waals surface area contributed by atoms with Gasteiger partial charge in [0.05, 0.1) is 46.0 Å². The van der Waals surface area contributed by atoms with Crippen LogP contribution in [0.3, 0.4) is 0 Å². The summed E-state index contributed by atoms with van der Waals surface area (Å²) in [6.07, 6.45) is 4.94. The topological polar surface area (TPSA) is 80.3 Å². The second-order valence-corrected chi connectivity index (χ2v) is 6.20. The fraction of sp³-hybridized carbons (Fsp3) is 0.333. The third kappa shape index (κ3) is 2.83. The van der Waals surface area contributed by atoms with Gasteiger partial charge in [0.15, 0.2) is 23.0 Å². The van der Waals surface area contributed by atoms with E-state index < -0.39 is 17.2 Å². The molecule has 7 nitrogen and oxygen atoms in total. The third-order valence-corrected chi connectivity index (χ3v) is 4.85. The van der Waals surface area contributed by atoms with Crippen LogP contribution in [0.15, 0.2) is 41.4 Å². The van der Waals surface area contributed by atoms with Crippen molar-refractivity contribution in [3.8, 4) is 11.5 Å². The number of fused-ring (bicyclic) bond motifs is 2. The number of rotatable bonds is 6. The minimum Gasteiger partial charge on any atom is -0.493 e. The van der Waals surface area contributed by atoms with Gasteiger partial charge in [-0.05, 0) is 48.4 Å². The number of benzene rings is 1. The van der Waals surface area contributed by atoms with Crippen LogP contribution >= 0.6 is 0 Å². The van der Waals surface area contributed by atoms with Crippen molar-refractivity contribution in [3.05, 3.63) is 52.5 Å². The van der Waals surface area contributed by atoms with E-state index in [0.29, 0.717) is 17.1 Å². The first-order valence-electron chi connectivity index (χ1n) is 8.69. The molecule has 148 valence electrons. The Balaban J connectivity index is 2.32. The SMILES string of the molecule is CCOC(=O)C1=Cc2cc(OC)c(OC)cc2C12C=C(OC)C(=O)C(OC)=C2. The average molecular weight is 386 g/mol. The van der Waals surface area contributed by atoms with E-state index in [-0.39, 0.29) is 18.1 Å². The molecular formula is C21H22O7. The molecule has 0 fully saturated rings. The number of ether oxygens (including phenoxy) is 5. The molecule has 0 amide bonds. The first-order valence-corrected chi connectivity index (χ1v) is 8.69. The molecule has 1 aromatic rings. The van der Waals surface area contributed by atoms with Crippen LogP contribution in [0.5, 0.6) is 11.5 Å². The maximum atomic E-state index is 12.8. The largest absolute Gasteiger partial charge is 0.493 e. The van der Waals surface area contributed by atoms with E-state index in [4.69, 9.17) is 23.7 Å². The summed E-state index contributed by atoms with van der Waals surface area (Å²) in [5.41, 5.74) is 0.723. The molecular weight excluding hydrogens is 364 g/mol. The van der Waals surface area contributed by atoms with Crippen molar-refractivity contribution in [3.63, 3.8) is 0 Å². The van der Waals surface area contributed by atoms with Crippen LogP contribution in [0.2, 0.25) is 0 Å². The Bertz CT molecular complexity index is 897. The maximum Gasteiger partial charge on any atom is 0.335 e. The zero-order valence-corrected chi connectivity index (χ0v) is 16.5. The van der Waals surface area contributed by atoms with Gasteiger partial charge >= 0.3 is 5.97 Å². The number of methoxy groups -OCH3 is 4. The second-order valence-electron chi connectivity index (χ2n) is 6.20. The zero-order valence-electron chi connectivity index (χ0n) is 16.5. The first-order chi connectivity index (χ1) is 13.4. The Hall–Kier alpha value is -3.22. The first kappa shape index (κ1) is 19.5. The molecule has 1 aromatic carbocycles. The molecule has 0 saturated carbocycles.